The van der Waals surface area contributed by atoms with Gasteiger partial charge in [-0.1, -0.05) is 53.9 Å². The molecule has 0 aliphatic heterocycles. The largest absolute Gasteiger partial charge is 0.324 e. The van der Waals surface area contributed by atoms with E-state index in [1.165, 1.54) is 11.8 Å². The predicted molar refractivity (Wildman–Crippen MR) is 130 cm³/mol. The molecule has 0 aliphatic carbocycles. The van der Waals surface area contributed by atoms with Crippen LogP contribution in [0.1, 0.15) is 18.3 Å². The summed E-state index contributed by atoms with van der Waals surface area (Å²) in [7, 11) is 0. The molecule has 0 aliphatic rings. The standard InChI is InChI=1S/C24H23N5OS2/c1-16-15-17(2)29(28-16)22-13-14-23(27-26-22)31-18(3)24(30)25-20-11-7-8-12-21(20)32-19-9-5-4-6-10-19/h4-15,18H,1-3H3,(H,25,30). The van der Waals surface area contributed by atoms with Gasteiger partial charge < -0.3 is 5.32 Å². The third kappa shape index (κ3) is 5.38. The Balaban J connectivity index is 1.41. The molecule has 0 bridgehead atoms. The quantitative estimate of drug-likeness (QED) is 0.364. The topological polar surface area (TPSA) is 72.7 Å². The number of benzene rings is 2. The van der Waals surface area contributed by atoms with Crippen LogP contribution in [0, 0.1) is 13.8 Å². The number of aromatic nitrogens is 4. The van der Waals surface area contributed by atoms with Crippen molar-refractivity contribution in [2.75, 3.05) is 5.32 Å². The molecule has 0 saturated carbocycles. The summed E-state index contributed by atoms with van der Waals surface area (Å²) >= 11 is 2.99. The fourth-order valence-corrected chi connectivity index (χ4v) is 4.78. The molecule has 4 rings (SSSR count). The van der Waals surface area contributed by atoms with Crippen LogP contribution in [0.15, 0.2) is 87.6 Å². The van der Waals surface area contributed by atoms with E-state index in [0.717, 1.165) is 26.9 Å². The van der Waals surface area contributed by atoms with Crippen molar-refractivity contribution in [3.63, 3.8) is 0 Å². The van der Waals surface area contributed by atoms with Crippen molar-refractivity contribution < 1.29 is 4.79 Å². The first kappa shape index (κ1) is 22.1. The van der Waals surface area contributed by atoms with Crippen LogP contribution in [-0.4, -0.2) is 31.1 Å². The molecule has 2 aromatic carbocycles. The molecule has 1 unspecified atom stereocenters. The fourth-order valence-electron chi connectivity index (χ4n) is 3.09. The second-order valence-electron chi connectivity index (χ2n) is 7.23. The second kappa shape index (κ2) is 10.0. The van der Waals surface area contributed by atoms with Crippen LogP contribution in [-0.2, 0) is 4.79 Å². The number of carbonyl (C=O) groups is 1. The normalized spacial score (nSPS) is 11.8. The third-order valence-electron chi connectivity index (χ3n) is 4.64. The van der Waals surface area contributed by atoms with Crippen LogP contribution in [0.4, 0.5) is 5.69 Å². The maximum atomic E-state index is 12.9. The average molecular weight is 462 g/mol. The number of hydrogen-bond acceptors (Lipinski definition) is 6. The molecule has 1 N–H and O–H groups in total. The Morgan fingerprint density at radius 1 is 0.969 bits per heavy atom. The molecule has 4 aromatic rings. The number of hydrogen-bond donors (Lipinski definition) is 1. The van der Waals surface area contributed by atoms with Crippen molar-refractivity contribution in [3.8, 4) is 5.82 Å². The lowest BCUT2D eigenvalue weighted by molar-refractivity contribution is -0.115. The smallest absolute Gasteiger partial charge is 0.237 e. The number of carbonyl (C=O) groups excluding carboxylic acids is 1. The van der Waals surface area contributed by atoms with Crippen LogP contribution in [0.3, 0.4) is 0 Å². The van der Waals surface area contributed by atoms with Gasteiger partial charge in [-0.2, -0.15) is 5.10 Å². The molecule has 162 valence electrons. The Morgan fingerprint density at radius 3 is 2.41 bits per heavy atom. The van der Waals surface area contributed by atoms with Crippen molar-refractivity contribution in [2.24, 2.45) is 0 Å². The van der Waals surface area contributed by atoms with Gasteiger partial charge in [0.05, 0.1) is 16.6 Å². The Bertz CT molecular complexity index is 1210. The molecule has 32 heavy (non-hydrogen) atoms. The molecular weight excluding hydrogens is 438 g/mol. The highest BCUT2D eigenvalue weighted by molar-refractivity contribution is 8.00. The molecule has 0 spiro atoms. The van der Waals surface area contributed by atoms with E-state index in [4.69, 9.17) is 0 Å². The molecular formula is C24H23N5OS2. The van der Waals surface area contributed by atoms with Crippen molar-refractivity contribution in [2.45, 2.75) is 40.8 Å². The maximum absolute atomic E-state index is 12.9. The van der Waals surface area contributed by atoms with E-state index in [1.807, 2.05) is 81.4 Å². The van der Waals surface area contributed by atoms with Crippen molar-refractivity contribution in [1.29, 1.82) is 0 Å². The van der Waals surface area contributed by atoms with E-state index in [2.05, 4.69) is 32.7 Å². The average Bonchev–Trinajstić information content (AvgIpc) is 3.14. The Kier molecular flexibility index (Phi) is 6.92. The molecule has 0 radical (unpaired) electrons. The summed E-state index contributed by atoms with van der Waals surface area (Å²) < 4.78 is 1.76. The van der Waals surface area contributed by atoms with Gasteiger partial charge in [0.15, 0.2) is 5.82 Å². The lowest BCUT2D eigenvalue weighted by Crippen LogP contribution is -2.22. The highest BCUT2D eigenvalue weighted by atomic mass is 32.2. The number of anilines is 1. The van der Waals surface area contributed by atoms with Crippen LogP contribution < -0.4 is 5.32 Å². The Morgan fingerprint density at radius 2 is 1.72 bits per heavy atom. The van der Waals surface area contributed by atoms with Gasteiger partial charge in [-0.15, -0.1) is 10.2 Å². The van der Waals surface area contributed by atoms with E-state index in [-0.39, 0.29) is 11.2 Å². The summed E-state index contributed by atoms with van der Waals surface area (Å²) in [6.07, 6.45) is 0. The van der Waals surface area contributed by atoms with Gasteiger partial charge in [-0.3, -0.25) is 4.79 Å². The van der Waals surface area contributed by atoms with E-state index < -0.39 is 0 Å². The lowest BCUT2D eigenvalue weighted by atomic mass is 10.3. The summed E-state index contributed by atoms with van der Waals surface area (Å²) in [5.74, 6) is 0.574. The van der Waals surface area contributed by atoms with E-state index >= 15 is 0 Å². The monoisotopic (exact) mass is 461 g/mol. The van der Waals surface area contributed by atoms with E-state index in [9.17, 15) is 4.79 Å². The maximum Gasteiger partial charge on any atom is 0.237 e. The highest BCUT2D eigenvalue weighted by Crippen LogP contribution is 2.33. The SMILES string of the molecule is Cc1cc(C)n(-c2ccc(SC(C)C(=O)Nc3ccccc3Sc3ccccc3)nn2)n1. The van der Waals surface area contributed by atoms with Crippen molar-refractivity contribution in [3.05, 3.63) is 84.2 Å². The number of para-hydroxylation sites is 1. The van der Waals surface area contributed by atoms with Gasteiger partial charge in [0.25, 0.3) is 0 Å². The van der Waals surface area contributed by atoms with Crippen LogP contribution in [0.25, 0.3) is 5.82 Å². The number of amides is 1. The summed E-state index contributed by atoms with van der Waals surface area (Å²) in [5.41, 5.74) is 2.72. The predicted octanol–water partition coefficient (Wildman–Crippen LogP) is 5.55. The Hall–Kier alpha value is -3.10. The zero-order chi connectivity index (χ0) is 22.5. The summed E-state index contributed by atoms with van der Waals surface area (Å²) in [5, 5.41) is 16.4. The number of rotatable bonds is 7. The van der Waals surface area contributed by atoms with Gasteiger partial charge in [-0.05, 0) is 63.2 Å². The lowest BCUT2D eigenvalue weighted by Gasteiger charge is -2.14. The molecule has 6 nitrogen and oxygen atoms in total. The van der Waals surface area contributed by atoms with Gasteiger partial charge in [0.1, 0.15) is 5.03 Å². The number of nitrogens with one attached hydrogen (secondary N) is 1. The van der Waals surface area contributed by atoms with Gasteiger partial charge in [-0.25, -0.2) is 4.68 Å². The van der Waals surface area contributed by atoms with Crippen LogP contribution >= 0.6 is 23.5 Å². The summed E-state index contributed by atoms with van der Waals surface area (Å²) in [4.78, 5) is 15.0. The van der Waals surface area contributed by atoms with Gasteiger partial charge in [0, 0.05) is 15.5 Å². The zero-order valence-electron chi connectivity index (χ0n) is 18.0. The number of thioether (sulfide) groups is 1. The number of aryl methyl sites for hydroxylation is 2. The number of nitrogens with zero attached hydrogens (tertiary/aromatic N) is 4. The molecule has 2 heterocycles. The molecule has 0 saturated heterocycles. The fraction of sp³-hybridized carbons (Fsp3) is 0.167. The first-order chi connectivity index (χ1) is 15.5. The molecule has 2 aromatic heterocycles. The minimum atomic E-state index is -0.335. The van der Waals surface area contributed by atoms with Crippen molar-refractivity contribution >= 4 is 35.1 Å². The highest BCUT2D eigenvalue weighted by Gasteiger charge is 2.17. The summed E-state index contributed by atoms with van der Waals surface area (Å²) in [6.45, 7) is 5.78. The first-order valence-corrected chi connectivity index (χ1v) is 11.9. The minimum Gasteiger partial charge on any atom is -0.324 e. The minimum absolute atomic E-state index is 0.0828. The third-order valence-corrected chi connectivity index (χ3v) is 6.75. The molecule has 8 heteroatoms. The first-order valence-electron chi connectivity index (χ1n) is 10.2. The van der Waals surface area contributed by atoms with Crippen molar-refractivity contribution in [1.82, 2.24) is 20.0 Å². The molecule has 1 atom stereocenters. The molecule has 0 fully saturated rings. The van der Waals surface area contributed by atoms with Crippen LogP contribution in [0.2, 0.25) is 0 Å². The van der Waals surface area contributed by atoms with Crippen LogP contribution in [0.5, 0.6) is 0 Å². The van der Waals surface area contributed by atoms with Gasteiger partial charge >= 0.3 is 0 Å². The van der Waals surface area contributed by atoms with E-state index in [1.54, 1.807) is 16.4 Å². The van der Waals surface area contributed by atoms with E-state index in [0.29, 0.717) is 10.8 Å². The summed E-state index contributed by atoms with van der Waals surface area (Å²) in [6, 6.07) is 23.6. The second-order valence-corrected chi connectivity index (χ2v) is 9.71. The zero-order valence-corrected chi connectivity index (χ0v) is 19.7. The van der Waals surface area contributed by atoms with Gasteiger partial charge in [0.2, 0.25) is 5.91 Å². The molecule has 1 amide bonds. The Labute approximate surface area is 195 Å².